The predicted octanol–water partition coefficient (Wildman–Crippen LogP) is 4.49. The topological polar surface area (TPSA) is 140 Å². The molecule has 45 heavy (non-hydrogen) atoms. The number of rotatable bonds is 10. The Hall–Kier alpha value is -4.80. The second-order valence-corrected chi connectivity index (χ2v) is 12.9. The molecule has 0 saturated carbocycles. The number of hydrogen-bond acceptors (Lipinski definition) is 5. The van der Waals surface area contributed by atoms with Crippen LogP contribution in [0.2, 0.25) is 0 Å². The number of aromatic amines is 2. The number of carbonyl (C=O) groups is 4. The van der Waals surface area contributed by atoms with Gasteiger partial charge in [0.1, 0.15) is 23.3 Å². The summed E-state index contributed by atoms with van der Waals surface area (Å²) in [4.78, 5) is 62.5. The molecular formula is C34H44N6O5. The number of benzene rings is 2. The third kappa shape index (κ3) is 7.65. The lowest BCUT2D eigenvalue weighted by atomic mass is 9.99. The zero-order chi connectivity index (χ0) is 33.1. The number of nitrogens with one attached hydrogen (secondary N) is 4. The minimum absolute atomic E-state index is 0.172. The van der Waals surface area contributed by atoms with Crippen molar-refractivity contribution in [1.82, 2.24) is 30.4 Å². The van der Waals surface area contributed by atoms with Gasteiger partial charge in [0.25, 0.3) is 0 Å². The summed E-state index contributed by atoms with van der Waals surface area (Å²) < 4.78 is 5.49. The molecule has 4 N–H and O–H groups in total. The molecule has 0 unspecified atom stereocenters. The number of nitrogens with zero attached hydrogens (tertiary/aromatic N) is 2. The smallest absolute Gasteiger partial charge is 0.410 e. The fraction of sp³-hybridized carbons (Fsp3) is 0.412. The average Bonchev–Trinajstić information content (AvgIpc) is 3.58. The molecule has 4 aromatic rings. The fourth-order valence-electron chi connectivity index (χ4n) is 5.19. The molecule has 4 rings (SSSR count). The van der Waals surface area contributed by atoms with Crippen LogP contribution in [0.5, 0.6) is 0 Å². The highest BCUT2D eigenvalue weighted by molar-refractivity contribution is 5.94. The van der Waals surface area contributed by atoms with E-state index in [1.807, 2.05) is 60.9 Å². The molecule has 0 fully saturated rings. The lowest BCUT2D eigenvalue weighted by Gasteiger charge is -2.37. The number of amides is 4. The average molecular weight is 617 g/mol. The first-order valence-corrected chi connectivity index (χ1v) is 15.0. The lowest BCUT2D eigenvalue weighted by Crippen LogP contribution is -2.61. The minimum Gasteiger partial charge on any atom is -0.444 e. The van der Waals surface area contributed by atoms with E-state index in [0.717, 1.165) is 32.9 Å². The minimum atomic E-state index is -1.36. The van der Waals surface area contributed by atoms with Crippen LogP contribution < -0.4 is 10.6 Å². The van der Waals surface area contributed by atoms with E-state index in [-0.39, 0.29) is 12.3 Å². The fourth-order valence-corrected chi connectivity index (χ4v) is 5.19. The van der Waals surface area contributed by atoms with Crippen molar-refractivity contribution in [3.05, 3.63) is 72.1 Å². The third-order valence-corrected chi connectivity index (χ3v) is 8.04. The monoisotopic (exact) mass is 616 g/mol. The SMILES string of the molecule is CC(=O)N[C@@H](Cc1c[nH]c2ccccc12)N(C)C(=O)[C@@H](Cc1c[nH]c2ccccc12)NC(=O)C(C)(C)N(C)C(=O)OC(C)(C)C. The van der Waals surface area contributed by atoms with Gasteiger partial charge in [-0.25, -0.2) is 4.79 Å². The van der Waals surface area contributed by atoms with E-state index in [9.17, 15) is 19.2 Å². The largest absolute Gasteiger partial charge is 0.444 e. The molecule has 0 aliphatic heterocycles. The van der Waals surface area contributed by atoms with Gasteiger partial charge in [0.15, 0.2) is 0 Å². The van der Waals surface area contributed by atoms with E-state index in [0.29, 0.717) is 6.42 Å². The molecule has 2 heterocycles. The first-order chi connectivity index (χ1) is 21.1. The van der Waals surface area contributed by atoms with Crippen molar-refractivity contribution in [2.75, 3.05) is 14.1 Å². The number of carbonyl (C=O) groups excluding carboxylic acids is 4. The van der Waals surface area contributed by atoms with Crippen molar-refractivity contribution in [3.63, 3.8) is 0 Å². The summed E-state index contributed by atoms with van der Waals surface area (Å²) in [6.07, 6.45) is 2.85. The summed E-state index contributed by atoms with van der Waals surface area (Å²) in [5.41, 5.74) is 1.51. The highest BCUT2D eigenvalue weighted by Crippen LogP contribution is 2.23. The van der Waals surface area contributed by atoms with Crippen LogP contribution in [-0.4, -0.2) is 81.0 Å². The molecular weight excluding hydrogens is 572 g/mol. The summed E-state index contributed by atoms with van der Waals surface area (Å²) in [5, 5.41) is 7.75. The van der Waals surface area contributed by atoms with Crippen molar-refractivity contribution in [1.29, 1.82) is 0 Å². The number of H-pyrrole nitrogens is 2. The number of fused-ring (bicyclic) bond motifs is 2. The van der Waals surface area contributed by atoms with Crippen LogP contribution in [0.3, 0.4) is 0 Å². The first kappa shape index (κ1) is 33.1. The van der Waals surface area contributed by atoms with Gasteiger partial charge in [-0.2, -0.15) is 0 Å². The van der Waals surface area contributed by atoms with Gasteiger partial charge in [0, 0.05) is 68.1 Å². The molecule has 0 aliphatic rings. The van der Waals surface area contributed by atoms with Crippen LogP contribution in [0, 0.1) is 0 Å². The molecule has 0 bridgehead atoms. The Morgan fingerprint density at radius 3 is 1.82 bits per heavy atom. The van der Waals surface area contributed by atoms with Gasteiger partial charge in [-0.3, -0.25) is 19.3 Å². The quantitative estimate of drug-likeness (QED) is 0.195. The molecule has 11 nitrogen and oxygen atoms in total. The molecule has 0 spiro atoms. The second-order valence-electron chi connectivity index (χ2n) is 12.9. The molecule has 240 valence electrons. The molecule has 11 heteroatoms. The highest BCUT2D eigenvalue weighted by atomic mass is 16.6. The number of ether oxygens (including phenoxy) is 1. The van der Waals surface area contributed by atoms with Crippen LogP contribution in [0.1, 0.15) is 52.7 Å². The molecule has 0 aliphatic carbocycles. The summed E-state index contributed by atoms with van der Waals surface area (Å²) in [7, 11) is 3.11. The van der Waals surface area contributed by atoms with Gasteiger partial charge >= 0.3 is 6.09 Å². The molecule has 0 saturated heterocycles. The highest BCUT2D eigenvalue weighted by Gasteiger charge is 2.40. The summed E-state index contributed by atoms with van der Waals surface area (Å²) in [5.74, 6) is -1.23. The maximum absolute atomic E-state index is 14.3. The van der Waals surface area contributed by atoms with Crippen molar-refractivity contribution in [2.24, 2.45) is 0 Å². The Kier molecular flexibility index (Phi) is 9.60. The van der Waals surface area contributed by atoms with Crippen molar-refractivity contribution < 1.29 is 23.9 Å². The van der Waals surface area contributed by atoms with E-state index in [1.165, 1.54) is 23.8 Å². The van der Waals surface area contributed by atoms with Crippen LogP contribution in [-0.2, 0) is 32.0 Å². The first-order valence-electron chi connectivity index (χ1n) is 15.0. The summed E-state index contributed by atoms with van der Waals surface area (Å²) in [6.45, 7) is 9.85. The van der Waals surface area contributed by atoms with Crippen molar-refractivity contribution in [3.8, 4) is 0 Å². The third-order valence-electron chi connectivity index (χ3n) is 8.04. The van der Waals surface area contributed by atoms with Crippen LogP contribution in [0.15, 0.2) is 60.9 Å². The van der Waals surface area contributed by atoms with E-state index in [2.05, 4.69) is 20.6 Å². The van der Waals surface area contributed by atoms with Gasteiger partial charge in [0.05, 0.1) is 0 Å². The van der Waals surface area contributed by atoms with Gasteiger partial charge in [-0.1, -0.05) is 36.4 Å². The van der Waals surface area contributed by atoms with Crippen LogP contribution in [0.25, 0.3) is 21.8 Å². The van der Waals surface area contributed by atoms with Crippen molar-refractivity contribution >= 4 is 45.6 Å². The summed E-state index contributed by atoms with van der Waals surface area (Å²) in [6, 6.07) is 14.5. The zero-order valence-electron chi connectivity index (χ0n) is 27.3. The van der Waals surface area contributed by atoms with E-state index in [1.54, 1.807) is 41.7 Å². The van der Waals surface area contributed by atoms with Crippen molar-refractivity contribution in [2.45, 2.75) is 77.7 Å². The molecule has 2 aromatic heterocycles. The maximum atomic E-state index is 14.3. The predicted molar refractivity (Wildman–Crippen MR) is 174 cm³/mol. The number of hydrogen-bond donors (Lipinski definition) is 4. The summed E-state index contributed by atoms with van der Waals surface area (Å²) >= 11 is 0. The van der Waals surface area contributed by atoms with Gasteiger partial charge in [-0.15, -0.1) is 0 Å². The van der Waals surface area contributed by atoms with Gasteiger partial charge in [0.2, 0.25) is 17.7 Å². The van der Waals surface area contributed by atoms with Crippen LogP contribution in [0.4, 0.5) is 4.79 Å². The molecule has 0 radical (unpaired) electrons. The van der Waals surface area contributed by atoms with E-state index in [4.69, 9.17) is 4.74 Å². The van der Waals surface area contributed by atoms with Gasteiger partial charge in [-0.05, 0) is 57.9 Å². The number of likely N-dealkylation sites (N-methyl/N-ethyl adjacent to an activating group) is 2. The zero-order valence-corrected chi connectivity index (χ0v) is 27.3. The normalized spacial score (nSPS) is 13.2. The number of aromatic nitrogens is 2. The Morgan fingerprint density at radius 2 is 1.31 bits per heavy atom. The Balaban J connectivity index is 1.65. The maximum Gasteiger partial charge on any atom is 0.410 e. The Bertz CT molecular complexity index is 1700. The lowest BCUT2D eigenvalue weighted by molar-refractivity contribution is -0.141. The van der Waals surface area contributed by atoms with Crippen LogP contribution >= 0.6 is 0 Å². The molecule has 4 amide bonds. The van der Waals surface area contributed by atoms with E-state index < -0.39 is 41.3 Å². The standard InChI is InChI=1S/C34H44N6O5/c1-21(41)37-29(18-23-20-36-27-16-12-10-14-25(23)27)39(7)30(42)28(17-22-19-35-26-15-11-9-13-24(22)26)38-31(43)34(5,6)40(8)32(44)45-33(2,3)4/h9-16,19-20,28-29,35-36H,17-18H2,1-8H3,(H,37,41)(H,38,43)/t28-,29-/m1/s1. The molecule has 2 atom stereocenters. The second kappa shape index (κ2) is 13.1. The molecule has 2 aromatic carbocycles. The Morgan fingerprint density at radius 1 is 0.800 bits per heavy atom. The number of para-hydroxylation sites is 2. The van der Waals surface area contributed by atoms with Gasteiger partial charge < -0.3 is 30.2 Å². The Labute approximate surface area is 263 Å². The van der Waals surface area contributed by atoms with E-state index >= 15 is 0 Å².